The van der Waals surface area contributed by atoms with Gasteiger partial charge >= 0.3 is 0 Å². The molecule has 0 rings (SSSR count). The first-order valence-corrected chi connectivity index (χ1v) is 4.94. The molecule has 3 heteroatoms. The van der Waals surface area contributed by atoms with E-state index in [1.165, 1.54) is 0 Å². The van der Waals surface area contributed by atoms with Crippen molar-refractivity contribution >= 4 is 0 Å². The first-order chi connectivity index (χ1) is 6.20. The molecule has 0 saturated heterocycles. The Kier molecular flexibility index (Phi) is 8.40. The predicted octanol–water partition coefficient (Wildman–Crippen LogP) is 1.43. The van der Waals surface area contributed by atoms with E-state index in [1.807, 2.05) is 0 Å². The lowest BCUT2D eigenvalue weighted by Crippen LogP contribution is -2.35. The molecule has 0 aliphatic heterocycles. The van der Waals surface area contributed by atoms with E-state index in [9.17, 15) is 0 Å². The zero-order chi connectivity index (χ0) is 10.1. The number of nitrogens with one attached hydrogen (secondary N) is 1. The van der Waals surface area contributed by atoms with Crippen LogP contribution in [-0.4, -0.2) is 39.5 Å². The summed E-state index contributed by atoms with van der Waals surface area (Å²) in [6, 6.07) is 1.04. The molecule has 1 N–H and O–H groups in total. The van der Waals surface area contributed by atoms with E-state index in [2.05, 4.69) is 19.2 Å². The van der Waals surface area contributed by atoms with Crippen LogP contribution in [0.2, 0.25) is 0 Å². The minimum Gasteiger partial charge on any atom is -0.385 e. The van der Waals surface area contributed by atoms with Gasteiger partial charge in [-0.1, -0.05) is 0 Å². The van der Waals surface area contributed by atoms with Crippen LogP contribution in [0.3, 0.4) is 0 Å². The molecule has 0 aromatic rings. The van der Waals surface area contributed by atoms with Gasteiger partial charge in [0.05, 0.1) is 0 Å². The molecule has 0 fully saturated rings. The van der Waals surface area contributed by atoms with Crippen LogP contribution in [-0.2, 0) is 9.47 Å². The molecule has 0 aromatic heterocycles. The Labute approximate surface area is 81.8 Å². The van der Waals surface area contributed by atoms with E-state index < -0.39 is 0 Å². The fourth-order valence-electron chi connectivity index (χ4n) is 1.24. The third kappa shape index (κ3) is 8.22. The standard InChI is InChI=1S/C10H23NO2/c1-9(5-7-12-3)11-10(2)6-8-13-4/h9-11H,5-8H2,1-4H3. The average Bonchev–Trinajstić information content (AvgIpc) is 2.11. The number of rotatable bonds is 8. The Morgan fingerprint density at radius 2 is 1.31 bits per heavy atom. The highest BCUT2D eigenvalue weighted by atomic mass is 16.5. The molecule has 0 heterocycles. The van der Waals surface area contributed by atoms with Gasteiger partial charge in [-0.25, -0.2) is 0 Å². The van der Waals surface area contributed by atoms with Crippen LogP contribution in [0.4, 0.5) is 0 Å². The monoisotopic (exact) mass is 189 g/mol. The molecule has 0 radical (unpaired) electrons. The number of hydrogen-bond acceptors (Lipinski definition) is 3. The van der Waals surface area contributed by atoms with Gasteiger partial charge in [0.2, 0.25) is 0 Å². The lowest BCUT2D eigenvalue weighted by molar-refractivity contribution is 0.171. The minimum absolute atomic E-state index is 0.520. The fourth-order valence-corrected chi connectivity index (χ4v) is 1.24. The van der Waals surface area contributed by atoms with Gasteiger partial charge in [0.25, 0.3) is 0 Å². The molecule has 13 heavy (non-hydrogen) atoms. The summed E-state index contributed by atoms with van der Waals surface area (Å²) < 4.78 is 10.0. The Hall–Kier alpha value is -0.120. The van der Waals surface area contributed by atoms with Gasteiger partial charge in [-0.15, -0.1) is 0 Å². The largest absolute Gasteiger partial charge is 0.385 e. The molecule has 0 aliphatic carbocycles. The van der Waals surface area contributed by atoms with Crippen molar-refractivity contribution in [2.45, 2.75) is 38.8 Å². The van der Waals surface area contributed by atoms with Crippen LogP contribution in [0.5, 0.6) is 0 Å². The molecule has 0 bridgehead atoms. The Bertz CT molecular complexity index is 97.1. The molecule has 0 aliphatic rings. The average molecular weight is 189 g/mol. The maximum Gasteiger partial charge on any atom is 0.0476 e. The van der Waals surface area contributed by atoms with Crippen LogP contribution < -0.4 is 5.32 Å². The van der Waals surface area contributed by atoms with Crippen molar-refractivity contribution < 1.29 is 9.47 Å². The van der Waals surface area contributed by atoms with E-state index in [4.69, 9.17) is 9.47 Å². The summed E-state index contributed by atoms with van der Waals surface area (Å²) in [6.45, 7) is 6.01. The smallest absolute Gasteiger partial charge is 0.0476 e. The number of methoxy groups -OCH3 is 2. The van der Waals surface area contributed by atoms with Crippen LogP contribution in [0, 0.1) is 0 Å². The summed E-state index contributed by atoms with van der Waals surface area (Å²) in [7, 11) is 3.47. The maximum atomic E-state index is 5.01. The second-order valence-corrected chi connectivity index (χ2v) is 3.53. The molecule has 3 nitrogen and oxygen atoms in total. The maximum absolute atomic E-state index is 5.01. The van der Waals surface area contributed by atoms with Gasteiger partial charge in [-0.2, -0.15) is 0 Å². The quantitative estimate of drug-likeness (QED) is 0.626. The molecule has 0 spiro atoms. The van der Waals surface area contributed by atoms with Crippen molar-refractivity contribution in [2.75, 3.05) is 27.4 Å². The molecular weight excluding hydrogens is 166 g/mol. The van der Waals surface area contributed by atoms with E-state index in [1.54, 1.807) is 14.2 Å². The van der Waals surface area contributed by atoms with Crippen molar-refractivity contribution in [1.82, 2.24) is 5.32 Å². The Morgan fingerprint density at radius 1 is 0.923 bits per heavy atom. The van der Waals surface area contributed by atoms with E-state index in [0.29, 0.717) is 12.1 Å². The molecule has 0 saturated carbocycles. The SMILES string of the molecule is COCCC(C)NC(C)CCOC. The lowest BCUT2D eigenvalue weighted by atomic mass is 10.2. The Balaban J connectivity index is 3.35. The van der Waals surface area contributed by atoms with Crippen LogP contribution >= 0.6 is 0 Å². The molecule has 2 unspecified atom stereocenters. The predicted molar refractivity (Wildman–Crippen MR) is 55.0 cm³/mol. The van der Waals surface area contributed by atoms with Gasteiger partial charge < -0.3 is 14.8 Å². The summed E-state index contributed by atoms with van der Waals surface area (Å²) in [5, 5.41) is 3.49. The first kappa shape index (κ1) is 12.9. The summed E-state index contributed by atoms with van der Waals surface area (Å²) in [4.78, 5) is 0. The summed E-state index contributed by atoms with van der Waals surface area (Å²) in [5.74, 6) is 0. The second-order valence-electron chi connectivity index (χ2n) is 3.53. The van der Waals surface area contributed by atoms with Crippen molar-refractivity contribution in [1.29, 1.82) is 0 Å². The molecule has 2 atom stereocenters. The van der Waals surface area contributed by atoms with Gasteiger partial charge in [0.1, 0.15) is 0 Å². The van der Waals surface area contributed by atoms with Crippen molar-refractivity contribution in [3.63, 3.8) is 0 Å². The normalized spacial score (nSPS) is 15.7. The van der Waals surface area contributed by atoms with Crippen LogP contribution in [0.1, 0.15) is 26.7 Å². The molecule has 0 amide bonds. The van der Waals surface area contributed by atoms with Crippen molar-refractivity contribution in [2.24, 2.45) is 0 Å². The van der Waals surface area contributed by atoms with E-state index in [0.717, 1.165) is 26.1 Å². The highest BCUT2D eigenvalue weighted by Crippen LogP contribution is 1.97. The molecular formula is C10H23NO2. The van der Waals surface area contributed by atoms with Crippen molar-refractivity contribution in [3.8, 4) is 0 Å². The summed E-state index contributed by atoms with van der Waals surface area (Å²) >= 11 is 0. The molecule has 80 valence electrons. The van der Waals surface area contributed by atoms with Crippen molar-refractivity contribution in [3.05, 3.63) is 0 Å². The van der Waals surface area contributed by atoms with E-state index in [-0.39, 0.29) is 0 Å². The third-order valence-corrected chi connectivity index (χ3v) is 2.08. The second kappa shape index (κ2) is 8.48. The Morgan fingerprint density at radius 3 is 1.62 bits per heavy atom. The molecule has 0 aromatic carbocycles. The van der Waals surface area contributed by atoms with Gasteiger partial charge in [0.15, 0.2) is 0 Å². The highest BCUT2D eigenvalue weighted by molar-refractivity contribution is 4.66. The number of hydrogen-bond donors (Lipinski definition) is 1. The van der Waals surface area contributed by atoms with Crippen LogP contribution in [0.25, 0.3) is 0 Å². The number of ether oxygens (including phenoxy) is 2. The van der Waals surface area contributed by atoms with Gasteiger partial charge in [-0.05, 0) is 26.7 Å². The first-order valence-electron chi connectivity index (χ1n) is 4.94. The topological polar surface area (TPSA) is 30.5 Å². The highest BCUT2D eigenvalue weighted by Gasteiger charge is 2.06. The van der Waals surface area contributed by atoms with Gasteiger partial charge in [-0.3, -0.25) is 0 Å². The van der Waals surface area contributed by atoms with Gasteiger partial charge in [0, 0.05) is 39.5 Å². The zero-order valence-corrected chi connectivity index (χ0v) is 9.30. The summed E-state index contributed by atoms with van der Waals surface area (Å²) in [5.41, 5.74) is 0. The van der Waals surface area contributed by atoms with Crippen LogP contribution in [0.15, 0.2) is 0 Å². The minimum atomic E-state index is 0.520. The lowest BCUT2D eigenvalue weighted by Gasteiger charge is -2.19. The zero-order valence-electron chi connectivity index (χ0n) is 9.30. The third-order valence-electron chi connectivity index (χ3n) is 2.08. The summed E-state index contributed by atoms with van der Waals surface area (Å²) in [6.07, 6.45) is 2.13. The van der Waals surface area contributed by atoms with E-state index >= 15 is 0 Å². The fraction of sp³-hybridized carbons (Fsp3) is 1.00.